The number of amides is 1. The molecule has 0 aliphatic carbocycles. The lowest BCUT2D eigenvalue weighted by atomic mass is 10.1. The van der Waals surface area contributed by atoms with Gasteiger partial charge in [-0.3, -0.25) is 9.48 Å². The van der Waals surface area contributed by atoms with Crippen molar-refractivity contribution in [1.29, 1.82) is 0 Å². The molecule has 4 aromatic rings. The molecule has 0 aliphatic heterocycles. The second-order valence-electron chi connectivity index (χ2n) is 7.15. The van der Waals surface area contributed by atoms with Crippen LogP contribution in [0.1, 0.15) is 21.6 Å². The van der Waals surface area contributed by atoms with Crippen LogP contribution < -0.4 is 0 Å². The molecule has 0 atom stereocenters. The zero-order chi connectivity index (χ0) is 21.1. The Hall–Kier alpha value is -3.03. The Morgan fingerprint density at radius 2 is 2.00 bits per heavy atom. The number of nitrogens with zero attached hydrogens (tertiary/aromatic N) is 4. The fourth-order valence-corrected chi connectivity index (χ4v) is 4.28. The summed E-state index contributed by atoms with van der Waals surface area (Å²) in [6.45, 7) is 3.40. The lowest BCUT2D eigenvalue weighted by molar-refractivity contribution is 0.0682. The van der Waals surface area contributed by atoms with Gasteiger partial charge in [0.2, 0.25) is 0 Å². The van der Waals surface area contributed by atoms with Gasteiger partial charge in [0.05, 0.1) is 33.8 Å². The van der Waals surface area contributed by atoms with Crippen molar-refractivity contribution in [3.8, 4) is 10.6 Å². The molecule has 0 spiro atoms. The Labute approximate surface area is 179 Å². The average Bonchev–Trinajstić information content (AvgIpc) is 3.39. The average molecular weight is 421 g/mol. The van der Waals surface area contributed by atoms with Crippen molar-refractivity contribution < 1.29 is 9.53 Å². The number of carbonyl (C=O) groups is 1. The van der Waals surface area contributed by atoms with Crippen LogP contribution in [0.25, 0.3) is 21.6 Å². The normalized spacial score (nSPS) is 11.2. The number of methoxy groups -OCH3 is 1. The molecule has 0 N–H and O–H groups in total. The molecule has 1 amide bonds. The Kier molecular flexibility index (Phi) is 5.92. The van der Waals surface area contributed by atoms with E-state index in [0.717, 1.165) is 27.2 Å². The second-order valence-corrected chi connectivity index (χ2v) is 8.09. The van der Waals surface area contributed by atoms with Crippen molar-refractivity contribution in [2.24, 2.45) is 7.05 Å². The van der Waals surface area contributed by atoms with E-state index in [9.17, 15) is 4.79 Å². The summed E-state index contributed by atoms with van der Waals surface area (Å²) in [4.78, 5) is 21.4. The van der Waals surface area contributed by atoms with Crippen LogP contribution in [-0.2, 0) is 18.3 Å². The highest BCUT2D eigenvalue weighted by Gasteiger charge is 2.23. The highest BCUT2D eigenvalue weighted by atomic mass is 32.1. The number of rotatable bonds is 7. The largest absolute Gasteiger partial charge is 0.383 e. The van der Waals surface area contributed by atoms with Gasteiger partial charge in [0.1, 0.15) is 0 Å². The van der Waals surface area contributed by atoms with Crippen molar-refractivity contribution in [2.75, 3.05) is 20.3 Å². The van der Waals surface area contributed by atoms with E-state index in [0.29, 0.717) is 30.9 Å². The first-order chi connectivity index (χ1) is 14.6. The molecule has 154 valence electrons. The fourth-order valence-electron chi connectivity index (χ4n) is 3.59. The van der Waals surface area contributed by atoms with Crippen molar-refractivity contribution in [3.05, 3.63) is 70.7 Å². The minimum absolute atomic E-state index is 0.0443. The van der Waals surface area contributed by atoms with Crippen LogP contribution in [0.15, 0.2) is 53.9 Å². The Morgan fingerprint density at radius 1 is 1.20 bits per heavy atom. The molecule has 0 saturated heterocycles. The smallest absolute Gasteiger partial charge is 0.255 e. The first-order valence-electron chi connectivity index (χ1n) is 9.79. The summed E-state index contributed by atoms with van der Waals surface area (Å²) in [6, 6.07) is 15.9. The van der Waals surface area contributed by atoms with Crippen molar-refractivity contribution >= 4 is 28.3 Å². The van der Waals surface area contributed by atoms with Crippen LogP contribution in [0.3, 0.4) is 0 Å². The summed E-state index contributed by atoms with van der Waals surface area (Å²) in [7, 11) is 3.51. The Morgan fingerprint density at radius 3 is 2.70 bits per heavy atom. The molecule has 6 nitrogen and oxygen atoms in total. The maximum atomic E-state index is 13.8. The fraction of sp³-hybridized carbons (Fsp3) is 0.261. The van der Waals surface area contributed by atoms with E-state index in [4.69, 9.17) is 9.72 Å². The zero-order valence-corrected chi connectivity index (χ0v) is 18.1. The molecule has 0 fully saturated rings. The van der Waals surface area contributed by atoms with Gasteiger partial charge in [-0.15, -0.1) is 11.3 Å². The van der Waals surface area contributed by atoms with Crippen LogP contribution in [-0.4, -0.2) is 45.8 Å². The topological polar surface area (TPSA) is 60.2 Å². The van der Waals surface area contributed by atoms with Gasteiger partial charge in [-0.1, -0.05) is 36.4 Å². The minimum atomic E-state index is -0.0443. The summed E-state index contributed by atoms with van der Waals surface area (Å²) in [6.07, 6.45) is 0. The van der Waals surface area contributed by atoms with Crippen LogP contribution in [0.2, 0.25) is 0 Å². The number of thiophene rings is 1. The van der Waals surface area contributed by atoms with Gasteiger partial charge in [-0.2, -0.15) is 5.10 Å². The lowest BCUT2D eigenvalue weighted by Gasteiger charge is -2.23. The summed E-state index contributed by atoms with van der Waals surface area (Å²) in [5.41, 5.74) is 4.01. The Bertz CT molecular complexity index is 1150. The van der Waals surface area contributed by atoms with E-state index in [1.54, 1.807) is 23.1 Å². The molecule has 1 aromatic carbocycles. The quantitative estimate of drug-likeness (QED) is 0.447. The predicted octanol–water partition coefficient (Wildman–Crippen LogP) is 4.29. The van der Waals surface area contributed by atoms with E-state index >= 15 is 0 Å². The van der Waals surface area contributed by atoms with E-state index in [2.05, 4.69) is 5.10 Å². The van der Waals surface area contributed by atoms with Gasteiger partial charge in [-0.25, -0.2) is 4.98 Å². The maximum Gasteiger partial charge on any atom is 0.255 e. The number of hydrogen-bond donors (Lipinski definition) is 0. The molecular weight excluding hydrogens is 396 g/mol. The van der Waals surface area contributed by atoms with Crippen molar-refractivity contribution in [2.45, 2.75) is 13.5 Å². The number of ether oxygens (including phenoxy) is 1. The number of carbonyl (C=O) groups excluding carboxylic acids is 1. The van der Waals surface area contributed by atoms with Gasteiger partial charge in [-0.05, 0) is 30.0 Å². The van der Waals surface area contributed by atoms with Gasteiger partial charge in [0.25, 0.3) is 5.91 Å². The number of fused-ring (bicyclic) bond motifs is 1. The number of pyridine rings is 1. The van der Waals surface area contributed by atoms with Crippen molar-refractivity contribution in [3.63, 3.8) is 0 Å². The highest BCUT2D eigenvalue weighted by Crippen LogP contribution is 2.30. The molecule has 7 heteroatoms. The predicted molar refractivity (Wildman–Crippen MR) is 120 cm³/mol. The molecule has 0 aliphatic rings. The zero-order valence-electron chi connectivity index (χ0n) is 17.3. The molecule has 0 unspecified atom stereocenters. The number of benzene rings is 1. The van der Waals surface area contributed by atoms with Crippen LogP contribution >= 0.6 is 11.3 Å². The third-order valence-electron chi connectivity index (χ3n) is 5.04. The second kappa shape index (κ2) is 8.77. The summed E-state index contributed by atoms with van der Waals surface area (Å²) in [5, 5.41) is 7.34. The van der Waals surface area contributed by atoms with Crippen LogP contribution in [0.5, 0.6) is 0 Å². The van der Waals surface area contributed by atoms with Gasteiger partial charge in [0, 0.05) is 27.2 Å². The van der Waals surface area contributed by atoms with Gasteiger partial charge >= 0.3 is 0 Å². The van der Waals surface area contributed by atoms with E-state index in [1.165, 1.54) is 0 Å². The minimum Gasteiger partial charge on any atom is -0.383 e. The first-order valence-corrected chi connectivity index (χ1v) is 10.7. The summed E-state index contributed by atoms with van der Waals surface area (Å²) in [5.74, 6) is -0.0443. The summed E-state index contributed by atoms with van der Waals surface area (Å²) >= 11 is 1.61. The molecule has 3 heterocycles. The SMILES string of the molecule is COCCN(Cc1ccccc1)C(=O)c1cc(-c2cccs2)nc2c1c(C)nn2C. The lowest BCUT2D eigenvalue weighted by Crippen LogP contribution is -2.33. The van der Waals surface area contributed by atoms with Crippen molar-refractivity contribution in [1.82, 2.24) is 19.7 Å². The van der Waals surface area contributed by atoms with E-state index in [1.807, 2.05) is 72.8 Å². The highest BCUT2D eigenvalue weighted by molar-refractivity contribution is 7.13. The third kappa shape index (κ3) is 3.99. The van der Waals surface area contributed by atoms with Crippen LogP contribution in [0, 0.1) is 6.92 Å². The van der Waals surface area contributed by atoms with E-state index < -0.39 is 0 Å². The molecule has 0 bridgehead atoms. The first kappa shape index (κ1) is 20.3. The van der Waals surface area contributed by atoms with Crippen LogP contribution in [0.4, 0.5) is 0 Å². The molecule has 0 saturated carbocycles. The number of aromatic nitrogens is 3. The van der Waals surface area contributed by atoms with Gasteiger partial charge < -0.3 is 9.64 Å². The van der Waals surface area contributed by atoms with E-state index in [-0.39, 0.29) is 5.91 Å². The molecule has 30 heavy (non-hydrogen) atoms. The van der Waals surface area contributed by atoms with Gasteiger partial charge in [0.15, 0.2) is 5.65 Å². The molecule has 3 aromatic heterocycles. The molecule has 4 rings (SSSR count). The monoisotopic (exact) mass is 420 g/mol. The molecular formula is C23H24N4O2S. The summed E-state index contributed by atoms with van der Waals surface area (Å²) < 4.78 is 7.02. The Balaban J connectivity index is 1.81. The maximum absolute atomic E-state index is 13.8. The third-order valence-corrected chi connectivity index (χ3v) is 5.93. The standard InChI is InChI=1S/C23H24N4O2S/c1-16-21-18(14-19(20-10-7-13-30-20)24-22(21)26(2)25-16)23(28)27(11-12-29-3)15-17-8-5-4-6-9-17/h4-10,13-14H,11-12,15H2,1-3H3. The molecule has 0 radical (unpaired) electrons. The number of hydrogen-bond acceptors (Lipinski definition) is 5. The number of aryl methyl sites for hydroxylation is 2.